The van der Waals surface area contributed by atoms with Crippen molar-refractivity contribution in [2.75, 3.05) is 5.32 Å². The van der Waals surface area contributed by atoms with E-state index in [4.69, 9.17) is 23.2 Å². The molecule has 3 rings (SSSR count). The second-order valence-electron chi connectivity index (χ2n) is 4.86. The first-order valence-electron chi connectivity index (χ1n) is 6.70. The first-order chi connectivity index (χ1) is 11.0. The van der Waals surface area contributed by atoms with Crippen molar-refractivity contribution < 1.29 is 4.79 Å². The number of hydrogen-bond donors (Lipinski definition) is 1. The molecule has 3 aromatic rings. The molecule has 1 aromatic heterocycles. The minimum Gasteiger partial charge on any atom is -0.296 e. The van der Waals surface area contributed by atoms with Crippen LogP contribution in [0.15, 0.2) is 42.5 Å². The van der Waals surface area contributed by atoms with Gasteiger partial charge in [-0.25, -0.2) is 0 Å². The van der Waals surface area contributed by atoms with E-state index < -0.39 is 0 Å². The molecule has 0 spiro atoms. The van der Waals surface area contributed by atoms with Gasteiger partial charge in [0.05, 0.1) is 10.6 Å². The molecule has 0 aliphatic carbocycles. The summed E-state index contributed by atoms with van der Waals surface area (Å²) in [6, 6.07) is 12.7. The van der Waals surface area contributed by atoms with Gasteiger partial charge in [0.25, 0.3) is 5.91 Å². The van der Waals surface area contributed by atoms with Gasteiger partial charge >= 0.3 is 0 Å². The lowest BCUT2D eigenvalue weighted by Crippen LogP contribution is -2.12. The summed E-state index contributed by atoms with van der Waals surface area (Å²) in [6.45, 7) is 2.02. The lowest BCUT2D eigenvalue weighted by Gasteiger charge is -2.03. The summed E-state index contributed by atoms with van der Waals surface area (Å²) in [5.74, 6) is -0.349. The predicted molar refractivity (Wildman–Crippen MR) is 94.5 cm³/mol. The number of rotatable bonds is 3. The average molecular weight is 364 g/mol. The van der Waals surface area contributed by atoms with Crippen molar-refractivity contribution in [1.82, 2.24) is 10.2 Å². The summed E-state index contributed by atoms with van der Waals surface area (Å²) in [4.78, 5) is 12.2. The minimum absolute atomic E-state index is 0.290. The van der Waals surface area contributed by atoms with Gasteiger partial charge in [0, 0.05) is 10.6 Å². The molecule has 2 aromatic carbocycles. The maximum Gasteiger partial charge on any atom is 0.259 e. The zero-order valence-corrected chi connectivity index (χ0v) is 14.3. The van der Waals surface area contributed by atoms with Gasteiger partial charge in [-0.3, -0.25) is 10.1 Å². The van der Waals surface area contributed by atoms with Crippen molar-refractivity contribution in [2.45, 2.75) is 6.92 Å². The van der Waals surface area contributed by atoms with Crippen LogP contribution in [0.1, 0.15) is 15.9 Å². The molecule has 116 valence electrons. The van der Waals surface area contributed by atoms with Crippen molar-refractivity contribution in [3.8, 4) is 10.6 Å². The molecule has 23 heavy (non-hydrogen) atoms. The summed E-state index contributed by atoms with van der Waals surface area (Å²) in [5, 5.41) is 12.7. The molecule has 0 fully saturated rings. The number of aromatic nitrogens is 2. The molecule has 0 aliphatic rings. The molecule has 4 nitrogen and oxygen atoms in total. The lowest BCUT2D eigenvalue weighted by atomic mass is 10.2. The molecule has 0 bridgehead atoms. The molecule has 1 heterocycles. The maximum absolute atomic E-state index is 12.2. The molecule has 0 radical (unpaired) electrons. The first kappa shape index (κ1) is 15.9. The Bertz CT molecular complexity index is 862. The number of nitrogens with zero attached hydrogens (tertiary/aromatic N) is 2. The number of aryl methyl sites for hydroxylation is 1. The van der Waals surface area contributed by atoms with Crippen molar-refractivity contribution in [2.24, 2.45) is 0 Å². The highest BCUT2D eigenvalue weighted by atomic mass is 35.5. The van der Waals surface area contributed by atoms with E-state index in [0.29, 0.717) is 20.7 Å². The fourth-order valence-electron chi connectivity index (χ4n) is 1.92. The monoisotopic (exact) mass is 363 g/mol. The largest absolute Gasteiger partial charge is 0.296 e. The summed E-state index contributed by atoms with van der Waals surface area (Å²) in [6.07, 6.45) is 0. The quantitative estimate of drug-likeness (QED) is 0.706. The topological polar surface area (TPSA) is 54.9 Å². The van der Waals surface area contributed by atoms with Crippen molar-refractivity contribution in [1.29, 1.82) is 0 Å². The normalized spacial score (nSPS) is 10.6. The number of anilines is 1. The van der Waals surface area contributed by atoms with Crippen LogP contribution in [0.4, 0.5) is 5.13 Å². The predicted octanol–water partition coefficient (Wildman–Crippen LogP) is 5.07. The fraction of sp³-hybridized carbons (Fsp3) is 0.0625. The van der Waals surface area contributed by atoms with Crippen LogP contribution in [0.5, 0.6) is 0 Å². The lowest BCUT2D eigenvalue weighted by molar-refractivity contribution is 0.102. The van der Waals surface area contributed by atoms with E-state index in [2.05, 4.69) is 15.5 Å². The van der Waals surface area contributed by atoms with E-state index in [-0.39, 0.29) is 5.91 Å². The number of carbonyl (C=O) groups excluding carboxylic acids is 1. The Kier molecular flexibility index (Phi) is 4.61. The Hall–Kier alpha value is -1.95. The van der Waals surface area contributed by atoms with Gasteiger partial charge in [-0.2, -0.15) is 0 Å². The van der Waals surface area contributed by atoms with Crippen LogP contribution in [0.3, 0.4) is 0 Å². The summed E-state index contributed by atoms with van der Waals surface area (Å²) in [7, 11) is 0. The number of nitrogens with one attached hydrogen (secondary N) is 1. The molecular formula is C16H11Cl2N3OS. The van der Waals surface area contributed by atoms with Crippen molar-refractivity contribution in [3.63, 3.8) is 0 Å². The number of amides is 1. The van der Waals surface area contributed by atoms with Crippen LogP contribution in [0, 0.1) is 6.92 Å². The molecular weight excluding hydrogens is 353 g/mol. The summed E-state index contributed by atoms with van der Waals surface area (Å²) in [5.41, 5.74) is 2.46. The van der Waals surface area contributed by atoms with Gasteiger partial charge in [-0.1, -0.05) is 64.4 Å². The number of benzene rings is 2. The van der Waals surface area contributed by atoms with E-state index in [1.54, 1.807) is 12.1 Å². The molecule has 7 heteroatoms. The third kappa shape index (κ3) is 3.69. The molecule has 0 unspecified atom stereocenters. The molecule has 0 saturated carbocycles. The second-order valence-corrected chi connectivity index (χ2v) is 6.68. The van der Waals surface area contributed by atoms with Crippen LogP contribution < -0.4 is 5.32 Å². The average Bonchev–Trinajstić information content (AvgIpc) is 2.96. The standard InChI is InChI=1S/C16H11Cl2N3OS/c1-9-2-4-10(5-3-9)15-20-21-16(23-15)19-14(22)12-7-6-11(17)8-13(12)18/h2-8H,1H3,(H,19,21,22). The van der Waals surface area contributed by atoms with Gasteiger partial charge in [-0.15, -0.1) is 10.2 Å². The van der Waals surface area contributed by atoms with Crippen LogP contribution >= 0.6 is 34.5 Å². The Morgan fingerprint density at radius 3 is 2.52 bits per heavy atom. The second kappa shape index (κ2) is 6.66. The van der Waals surface area contributed by atoms with Gasteiger partial charge < -0.3 is 0 Å². The zero-order valence-electron chi connectivity index (χ0n) is 12.0. The Labute approximate surface area is 147 Å². The van der Waals surface area contributed by atoms with Gasteiger partial charge in [0.15, 0.2) is 0 Å². The number of halogens is 2. The highest BCUT2D eigenvalue weighted by molar-refractivity contribution is 7.18. The number of hydrogen-bond acceptors (Lipinski definition) is 4. The third-order valence-corrected chi connectivity index (χ3v) is 4.56. The van der Waals surface area contributed by atoms with E-state index in [0.717, 1.165) is 10.6 Å². The van der Waals surface area contributed by atoms with Crippen molar-refractivity contribution in [3.05, 3.63) is 63.6 Å². The smallest absolute Gasteiger partial charge is 0.259 e. The molecule has 0 atom stereocenters. The zero-order chi connectivity index (χ0) is 16.4. The Morgan fingerprint density at radius 2 is 1.83 bits per heavy atom. The van der Waals surface area contributed by atoms with Crippen LogP contribution in [-0.2, 0) is 0 Å². The van der Waals surface area contributed by atoms with Crippen LogP contribution in [0.25, 0.3) is 10.6 Å². The third-order valence-electron chi connectivity index (χ3n) is 3.12. The van der Waals surface area contributed by atoms with E-state index in [1.165, 1.54) is 23.0 Å². The molecule has 0 aliphatic heterocycles. The minimum atomic E-state index is -0.349. The van der Waals surface area contributed by atoms with Gasteiger partial charge in [0.2, 0.25) is 5.13 Å². The van der Waals surface area contributed by atoms with Crippen molar-refractivity contribution >= 4 is 45.6 Å². The van der Waals surface area contributed by atoms with Crippen LogP contribution in [0.2, 0.25) is 10.0 Å². The highest BCUT2D eigenvalue weighted by Crippen LogP contribution is 2.27. The number of carbonyl (C=O) groups is 1. The van der Waals surface area contributed by atoms with E-state index in [1.807, 2.05) is 31.2 Å². The Balaban J connectivity index is 1.78. The molecule has 1 N–H and O–H groups in total. The highest BCUT2D eigenvalue weighted by Gasteiger charge is 2.14. The first-order valence-corrected chi connectivity index (χ1v) is 8.27. The maximum atomic E-state index is 12.2. The fourth-order valence-corrected chi connectivity index (χ4v) is 3.16. The summed E-state index contributed by atoms with van der Waals surface area (Å²) >= 11 is 13.2. The molecule has 1 amide bonds. The van der Waals surface area contributed by atoms with E-state index >= 15 is 0 Å². The SMILES string of the molecule is Cc1ccc(-c2nnc(NC(=O)c3ccc(Cl)cc3Cl)s2)cc1. The Morgan fingerprint density at radius 1 is 1.09 bits per heavy atom. The molecule has 0 saturated heterocycles. The van der Waals surface area contributed by atoms with E-state index in [9.17, 15) is 4.79 Å². The summed E-state index contributed by atoms with van der Waals surface area (Å²) < 4.78 is 0. The van der Waals surface area contributed by atoms with Gasteiger partial charge in [-0.05, 0) is 25.1 Å². The van der Waals surface area contributed by atoms with Crippen LogP contribution in [-0.4, -0.2) is 16.1 Å². The van der Waals surface area contributed by atoms with Gasteiger partial charge in [0.1, 0.15) is 5.01 Å².